The van der Waals surface area contributed by atoms with Crippen LogP contribution in [0.2, 0.25) is 5.02 Å². The molecule has 0 amide bonds. The van der Waals surface area contributed by atoms with E-state index in [1.54, 1.807) is 22.2 Å². The van der Waals surface area contributed by atoms with Crippen LogP contribution in [0, 0.1) is 6.92 Å². The molecule has 0 unspecified atom stereocenters. The van der Waals surface area contributed by atoms with E-state index in [9.17, 15) is 4.79 Å². The lowest BCUT2D eigenvalue weighted by Crippen LogP contribution is -2.00. The Morgan fingerprint density at radius 2 is 2.10 bits per heavy atom. The summed E-state index contributed by atoms with van der Waals surface area (Å²) < 4.78 is 1.76. The van der Waals surface area contributed by atoms with Gasteiger partial charge < -0.3 is 0 Å². The maximum absolute atomic E-state index is 11.3. The molecule has 2 heterocycles. The number of benzene rings is 1. The Bertz CT molecular complexity index is 791. The minimum absolute atomic E-state index is 0.546. The number of nitrogens with zero attached hydrogens (tertiary/aromatic N) is 2. The van der Waals surface area contributed by atoms with Crippen LogP contribution in [0.4, 0.5) is 0 Å². The van der Waals surface area contributed by atoms with E-state index in [1.807, 2.05) is 43.3 Å². The summed E-state index contributed by atoms with van der Waals surface area (Å²) in [5, 5.41) is 5.24. The molecule has 0 spiro atoms. The number of halogens is 1. The Labute approximate surface area is 131 Å². The number of aryl methyl sites for hydroxylation is 1. The second-order valence-electron chi connectivity index (χ2n) is 4.75. The number of rotatable bonds is 4. The lowest BCUT2D eigenvalue weighted by molar-refractivity contribution is 0.112. The number of carbonyl (C=O) groups is 1. The highest BCUT2D eigenvalue weighted by molar-refractivity contribution is 7.15. The van der Waals surface area contributed by atoms with Gasteiger partial charge in [0.05, 0.1) is 17.0 Å². The highest BCUT2D eigenvalue weighted by Gasteiger charge is 2.13. The molecular weight excluding hydrogens is 304 g/mol. The molecule has 3 aromatic rings. The van der Waals surface area contributed by atoms with E-state index in [-0.39, 0.29) is 0 Å². The molecule has 0 saturated heterocycles. The van der Waals surface area contributed by atoms with Crippen molar-refractivity contribution in [1.29, 1.82) is 0 Å². The van der Waals surface area contributed by atoms with Gasteiger partial charge in [-0.05, 0) is 30.7 Å². The maximum atomic E-state index is 11.3. The molecule has 2 aromatic heterocycles. The fraction of sp³-hybridized carbons (Fsp3) is 0.125. The van der Waals surface area contributed by atoms with Crippen LogP contribution in [0.3, 0.4) is 0 Å². The van der Waals surface area contributed by atoms with E-state index in [1.165, 1.54) is 4.88 Å². The Morgan fingerprint density at radius 3 is 2.76 bits per heavy atom. The summed E-state index contributed by atoms with van der Waals surface area (Å²) in [5.74, 6) is 0. The highest BCUT2D eigenvalue weighted by Crippen LogP contribution is 2.29. The predicted octanol–water partition coefficient (Wildman–Crippen LogP) is 4.43. The lowest BCUT2D eigenvalue weighted by Gasteiger charge is -2.03. The van der Waals surface area contributed by atoms with Crippen LogP contribution < -0.4 is 0 Å². The van der Waals surface area contributed by atoms with Crippen LogP contribution in [0.15, 0.2) is 42.6 Å². The molecule has 0 aliphatic rings. The van der Waals surface area contributed by atoms with E-state index < -0.39 is 0 Å². The van der Waals surface area contributed by atoms with Crippen molar-refractivity contribution in [1.82, 2.24) is 9.78 Å². The van der Waals surface area contributed by atoms with Gasteiger partial charge in [0.15, 0.2) is 6.29 Å². The van der Waals surface area contributed by atoms with Crippen molar-refractivity contribution in [3.63, 3.8) is 0 Å². The van der Waals surface area contributed by atoms with Crippen LogP contribution in [0.5, 0.6) is 0 Å². The van der Waals surface area contributed by atoms with Gasteiger partial charge in [-0.15, -0.1) is 11.3 Å². The van der Waals surface area contributed by atoms with Gasteiger partial charge in [-0.3, -0.25) is 9.48 Å². The Kier molecular flexibility index (Phi) is 3.90. The zero-order valence-corrected chi connectivity index (χ0v) is 13.0. The quantitative estimate of drug-likeness (QED) is 0.667. The molecule has 21 heavy (non-hydrogen) atoms. The zero-order chi connectivity index (χ0) is 14.8. The molecule has 0 saturated carbocycles. The van der Waals surface area contributed by atoms with Gasteiger partial charge in [-0.1, -0.05) is 29.8 Å². The smallest absolute Gasteiger partial charge is 0.153 e. The van der Waals surface area contributed by atoms with E-state index >= 15 is 0 Å². The van der Waals surface area contributed by atoms with Crippen molar-refractivity contribution >= 4 is 29.2 Å². The highest BCUT2D eigenvalue weighted by atomic mass is 35.5. The number of aromatic nitrogens is 2. The van der Waals surface area contributed by atoms with Crippen molar-refractivity contribution < 1.29 is 4.79 Å². The van der Waals surface area contributed by atoms with E-state index in [4.69, 9.17) is 11.6 Å². The third kappa shape index (κ3) is 2.91. The monoisotopic (exact) mass is 316 g/mol. The van der Waals surface area contributed by atoms with E-state index in [2.05, 4.69) is 5.10 Å². The molecule has 0 bridgehead atoms. The predicted molar refractivity (Wildman–Crippen MR) is 86.2 cm³/mol. The second-order valence-corrected chi connectivity index (χ2v) is 6.45. The second kappa shape index (κ2) is 5.84. The van der Waals surface area contributed by atoms with Gasteiger partial charge in [0.25, 0.3) is 0 Å². The summed E-state index contributed by atoms with van der Waals surface area (Å²) in [6.45, 7) is 2.58. The molecule has 0 radical (unpaired) electrons. The molecule has 3 nitrogen and oxygen atoms in total. The molecular formula is C16H13ClN2OS. The first-order chi connectivity index (χ1) is 10.2. The van der Waals surface area contributed by atoms with Crippen molar-refractivity contribution in [2.24, 2.45) is 0 Å². The van der Waals surface area contributed by atoms with Crippen LogP contribution in [-0.4, -0.2) is 16.1 Å². The zero-order valence-electron chi connectivity index (χ0n) is 11.4. The topological polar surface area (TPSA) is 34.9 Å². The number of hydrogen-bond acceptors (Lipinski definition) is 3. The minimum atomic E-state index is 0.546. The largest absolute Gasteiger partial charge is 0.298 e. The van der Waals surface area contributed by atoms with Crippen molar-refractivity contribution in [3.05, 3.63) is 63.6 Å². The van der Waals surface area contributed by atoms with Gasteiger partial charge in [-0.2, -0.15) is 5.10 Å². The summed E-state index contributed by atoms with van der Waals surface area (Å²) in [5.41, 5.74) is 2.31. The standard InChI is InChI=1S/C16H13ClN2OS/c1-11-6-7-15(21-11)16-13(10-20)9-19(18-16)8-12-4-2-3-5-14(12)17/h2-7,9-10H,8H2,1H3. The van der Waals surface area contributed by atoms with E-state index in [0.717, 1.165) is 22.4 Å². The van der Waals surface area contributed by atoms with Crippen molar-refractivity contribution in [2.45, 2.75) is 13.5 Å². The number of thiophene rings is 1. The Hall–Kier alpha value is -1.91. The minimum Gasteiger partial charge on any atom is -0.298 e. The molecule has 5 heteroatoms. The van der Waals surface area contributed by atoms with Gasteiger partial charge in [-0.25, -0.2) is 0 Å². The molecule has 0 atom stereocenters. The molecule has 3 rings (SSSR count). The number of aldehydes is 1. The van der Waals surface area contributed by atoms with E-state index in [0.29, 0.717) is 17.1 Å². The third-order valence-corrected chi connectivity index (χ3v) is 4.56. The first kappa shape index (κ1) is 14.0. The van der Waals surface area contributed by atoms with Gasteiger partial charge >= 0.3 is 0 Å². The molecule has 0 fully saturated rings. The van der Waals surface area contributed by atoms with Crippen molar-refractivity contribution in [2.75, 3.05) is 0 Å². The van der Waals surface area contributed by atoms with Crippen LogP contribution in [-0.2, 0) is 6.54 Å². The van der Waals surface area contributed by atoms with Gasteiger partial charge in [0.1, 0.15) is 5.69 Å². The molecule has 0 aliphatic carbocycles. The molecule has 0 N–H and O–H groups in total. The first-order valence-electron chi connectivity index (χ1n) is 6.50. The Balaban J connectivity index is 1.96. The SMILES string of the molecule is Cc1ccc(-c2nn(Cc3ccccc3Cl)cc2C=O)s1. The van der Waals surface area contributed by atoms with Crippen LogP contribution in [0.25, 0.3) is 10.6 Å². The average Bonchev–Trinajstić information content (AvgIpc) is 3.07. The Morgan fingerprint density at radius 1 is 1.29 bits per heavy atom. The van der Waals surface area contributed by atoms with Crippen molar-refractivity contribution in [3.8, 4) is 10.6 Å². The summed E-state index contributed by atoms with van der Waals surface area (Å²) in [7, 11) is 0. The van der Waals surface area contributed by atoms with Crippen LogP contribution in [0.1, 0.15) is 20.8 Å². The summed E-state index contributed by atoms with van der Waals surface area (Å²) >= 11 is 7.80. The number of hydrogen-bond donors (Lipinski definition) is 0. The third-order valence-electron chi connectivity index (χ3n) is 3.18. The van der Waals surface area contributed by atoms with Gasteiger partial charge in [0, 0.05) is 16.1 Å². The summed E-state index contributed by atoms with van der Waals surface area (Å²) in [6.07, 6.45) is 2.61. The number of carbonyl (C=O) groups excluding carboxylic acids is 1. The summed E-state index contributed by atoms with van der Waals surface area (Å²) in [6, 6.07) is 11.7. The molecule has 1 aromatic carbocycles. The normalized spacial score (nSPS) is 10.8. The first-order valence-corrected chi connectivity index (χ1v) is 7.69. The van der Waals surface area contributed by atoms with Gasteiger partial charge in [0.2, 0.25) is 0 Å². The molecule has 106 valence electrons. The van der Waals surface area contributed by atoms with Crippen LogP contribution >= 0.6 is 22.9 Å². The lowest BCUT2D eigenvalue weighted by atomic mass is 10.2. The molecule has 0 aliphatic heterocycles. The fourth-order valence-electron chi connectivity index (χ4n) is 2.16. The average molecular weight is 317 g/mol. The fourth-order valence-corrected chi connectivity index (χ4v) is 3.23. The maximum Gasteiger partial charge on any atom is 0.153 e. The summed E-state index contributed by atoms with van der Waals surface area (Å²) in [4.78, 5) is 13.5.